The topological polar surface area (TPSA) is 118 Å². The number of imide groups is 1. The van der Waals surface area contributed by atoms with E-state index in [2.05, 4.69) is 0 Å². The number of benzene rings is 1. The van der Waals surface area contributed by atoms with E-state index < -0.39 is 41.7 Å². The summed E-state index contributed by atoms with van der Waals surface area (Å²) in [6.07, 6.45) is -0.423. The number of nitrogens with zero attached hydrogens (tertiary/aromatic N) is 2. The fourth-order valence-corrected chi connectivity index (χ4v) is 2.08. The fourth-order valence-electron chi connectivity index (χ4n) is 2.08. The third-order valence-electron chi connectivity index (χ3n) is 3.01. The minimum atomic E-state index is -1.53. The van der Waals surface area contributed by atoms with Crippen molar-refractivity contribution in [2.24, 2.45) is 0 Å². The molecule has 0 spiro atoms. The number of carboxylic acid groups (broad SMARTS) is 1. The molecule has 20 heavy (non-hydrogen) atoms. The summed E-state index contributed by atoms with van der Waals surface area (Å²) in [7, 11) is 0. The molecule has 0 radical (unpaired) electrons. The Balaban J connectivity index is 2.32. The van der Waals surface area contributed by atoms with Gasteiger partial charge in [-0.2, -0.15) is 0 Å². The molecule has 8 nitrogen and oxygen atoms in total. The van der Waals surface area contributed by atoms with Crippen LogP contribution in [0.15, 0.2) is 24.3 Å². The Morgan fingerprint density at radius 2 is 1.75 bits per heavy atom. The van der Waals surface area contributed by atoms with E-state index in [9.17, 15) is 24.5 Å². The van der Waals surface area contributed by atoms with E-state index in [-0.39, 0.29) is 11.1 Å². The lowest BCUT2D eigenvalue weighted by molar-refractivity contribution is -0.481. The SMILES string of the molecule is O=C(O)C(CC[N+](=O)[O-])N1C(=O)c2ccccc2C1=O. The van der Waals surface area contributed by atoms with Crippen LogP contribution in [0.4, 0.5) is 0 Å². The quantitative estimate of drug-likeness (QED) is 0.473. The van der Waals surface area contributed by atoms with Crippen LogP contribution in [-0.4, -0.2) is 45.3 Å². The molecule has 1 heterocycles. The Morgan fingerprint density at radius 1 is 1.25 bits per heavy atom. The van der Waals surface area contributed by atoms with Crippen LogP contribution in [0.2, 0.25) is 0 Å². The molecule has 1 aliphatic rings. The van der Waals surface area contributed by atoms with E-state index in [1.807, 2.05) is 0 Å². The molecule has 1 aliphatic heterocycles. The molecule has 0 aromatic heterocycles. The van der Waals surface area contributed by atoms with Gasteiger partial charge >= 0.3 is 5.97 Å². The highest BCUT2D eigenvalue weighted by Gasteiger charge is 2.43. The maximum atomic E-state index is 12.1. The average Bonchev–Trinajstić information content (AvgIpc) is 2.64. The second kappa shape index (κ2) is 5.08. The number of nitro groups is 1. The van der Waals surface area contributed by atoms with Gasteiger partial charge in [0.25, 0.3) is 11.8 Å². The van der Waals surface area contributed by atoms with E-state index in [0.717, 1.165) is 0 Å². The molecule has 0 saturated heterocycles. The minimum absolute atomic E-state index is 0.116. The molecule has 8 heteroatoms. The van der Waals surface area contributed by atoms with Gasteiger partial charge in [-0.3, -0.25) is 24.6 Å². The van der Waals surface area contributed by atoms with Crippen molar-refractivity contribution in [1.29, 1.82) is 0 Å². The van der Waals surface area contributed by atoms with Crippen molar-refractivity contribution in [3.8, 4) is 0 Å². The normalized spacial score (nSPS) is 15.1. The van der Waals surface area contributed by atoms with Gasteiger partial charge in [-0.25, -0.2) is 4.79 Å². The number of carbonyl (C=O) groups is 3. The maximum Gasteiger partial charge on any atom is 0.327 e. The van der Waals surface area contributed by atoms with Crippen molar-refractivity contribution in [1.82, 2.24) is 4.90 Å². The number of hydrogen-bond acceptors (Lipinski definition) is 5. The van der Waals surface area contributed by atoms with Crippen molar-refractivity contribution >= 4 is 17.8 Å². The largest absolute Gasteiger partial charge is 0.480 e. The van der Waals surface area contributed by atoms with Gasteiger partial charge in [0.2, 0.25) is 6.54 Å². The van der Waals surface area contributed by atoms with E-state index in [1.54, 1.807) is 12.1 Å². The molecule has 2 amide bonds. The molecule has 1 N–H and O–H groups in total. The van der Waals surface area contributed by atoms with Gasteiger partial charge in [-0.1, -0.05) is 12.1 Å². The Morgan fingerprint density at radius 3 is 2.15 bits per heavy atom. The molecule has 104 valence electrons. The molecular formula is C12H10N2O6. The molecule has 0 bridgehead atoms. The number of carbonyl (C=O) groups excluding carboxylic acids is 2. The molecule has 2 rings (SSSR count). The number of amides is 2. The van der Waals surface area contributed by atoms with Gasteiger partial charge in [0.15, 0.2) is 0 Å². The third kappa shape index (κ3) is 2.22. The smallest absolute Gasteiger partial charge is 0.327 e. The van der Waals surface area contributed by atoms with Gasteiger partial charge in [-0.15, -0.1) is 0 Å². The number of fused-ring (bicyclic) bond motifs is 1. The molecule has 0 aliphatic carbocycles. The zero-order valence-corrected chi connectivity index (χ0v) is 10.2. The van der Waals surface area contributed by atoms with Gasteiger partial charge in [0, 0.05) is 11.3 Å². The number of hydrogen-bond donors (Lipinski definition) is 1. The second-order valence-electron chi connectivity index (χ2n) is 4.22. The van der Waals surface area contributed by atoms with Crippen LogP contribution in [0.5, 0.6) is 0 Å². The standard InChI is InChI=1S/C12H10N2O6/c15-10-7-3-1-2-4-8(7)11(16)14(10)9(12(17)18)5-6-13(19)20/h1-4,9H,5-6H2,(H,17,18). The van der Waals surface area contributed by atoms with Crippen LogP contribution in [0, 0.1) is 10.1 Å². The van der Waals surface area contributed by atoms with Crippen LogP contribution in [0.1, 0.15) is 27.1 Å². The third-order valence-corrected chi connectivity index (χ3v) is 3.01. The first-order valence-corrected chi connectivity index (χ1v) is 5.75. The summed E-state index contributed by atoms with van der Waals surface area (Å²) < 4.78 is 0. The van der Waals surface area contributed by atoms with Gasteiger partial charge in [0.1, 0.15) is 6.04 Å². The highest BCUT2D eigenvalue weighted by molar-refractivity contribution is 6.22. The van der Waals surface area contributed by atoms with Crippen LogP contribution in [0.3, 0.4) is 0 Å². The van der Waals surface area contributed by atoms with Gasteiger partial charge < -0.3 is 5.11 Å². The van der Waals surface area contributed by atoms with Gasteiger partial charge in [-0.05, 0) is 12.1 Å². The van der Waals surface area contributed by atoms with Crippen LogP contribution in [0.25, 0.3) is 0 Å². The summed E-state index contributed by atoms with van der Waals surface area (Å²) in [4.78, 5) is 45.6. The minimum Gasteiger partial charge on any atom is -0.480 e. The predicted octanol–water partition coefficient (Wildman–Crippen LogP) is 0.403. The summed E-state index contributed by atoms with van der Waals surface area (Å²) in [6.45, 7) is -0.635. The monoisotopic (exact) mass is 278 g/mol. The van der Waals surface area contributed by atoms with Crippen LogP contribution >= 0.6 is 0 Å². The van der Waals surface area contributed by atoms with Crippen molar-refractivity contribution in [3.05, 3.63) is 45.5 Å². The summed E-state index contributed by atoms with van der Waals surface area (Å²) in [5.41, 5.74) is 0.231. The first-order valence-electron chi connectivity index (χ1n) is 5.75. The number of rotatable bonds is 5. The summed E-state index contributed by atoms with van der Waals surface area (Å²) >= 11 is 0. The Bertz CT molecular complexity index is 577. The second-order valence-corrected chi connectivity index (χ2v) is 4.22. The van der Waals surface area contributed by atoms with Crippen molar-refractivity contribution in [2.75, 3.05) is 6.54 Å². The van der Waals surface area contributed by atoms with E-state index in [4.69, 9.17) is 5.11 Å². The molecule has 1 aromatic rings. The Labute approximate surface area is 112 Å². The van der Waals surface area contributed by atoms with Crippen molar-refractivity contribution in [2.45, 2.75) is 12.5 Å². The summed E-state index contributed by atoms with van der Waals surface area (Å²) in [6, 6.07) is 4.41. The zero-order valence-electron chi connectivity index (χ0n) is 10.2. The van der Waals surface area contributed by atoms with E-state index in [1.165, 1.54) is 12.1 Å². The van der Waals surface area contributed by atoms with Crippen LogP contribution in [-0.2, 0) is 4.79 Å². The lowest BCUT2D eigenvalue weighted by atomic mass is 10.1. The molecule has 0 fully saturated rings. The molecule has 0 saturated carbocycles. The highest BCUT2D eigenvalue weighted by atomic mass is 16.6. The zero-order chi connectivity index (χ0) is 14.9. The molecule has 1 unspecified atom stereocenters. The lowest BCUT2D eigenvalue weighted by Crippen LogP contribution is -2.45. The van der Waals surface area contributed by atoms with Gasteiger partial charge in [0.05, 0.1) is 11.1 Å². The van der Waals surface area contributed by atoms with E-state index >= 15 is 0 Å². The van der Waals surface area contributed by atoms with E-state index in [0.29, 0.717) is 4.90 Å². The lowest BCUT2D eigenvalue weighted by Gasteiger charge is -2.20. The number of aliphatic carboxylic acids is 1. The Kier molecular flexibility index (Phi) is 3.47. The molecular weight excluding hydrogens is 268 g/mol. The molecule has 1 aromatic carbocycles. The Hall–Kier alpha value is -2.77. The summed E-state index contributed by atoms with van der Waals surface area (Å²) in [5, 5.41) is 19.4. The first kappa shape index (κ1) is 13.7. The average molecular weight is 278 g/mol. The van der Waals surface area contributed by atoms with Crippen molar-refractivity contribution < 1.29 is 24.4 Å². The predicted molar refractivity (Wildman–Crippen MR) is 64.8 cm³/mol. The fraction of sp³-hybridized carbons (Fsp3) is 0.250. The maximum absolute atomic E-state index is 12.1. The van der Waals surface area contributed by atoms with Crippen LogP contribution < -0.4 is 0 Å². The number of carboxylic acids is 1. The van der Waals surface area contributed by atoms with Crippen molar-refractivity contribution in [3.63, 3.8) is 0 Å². The molecule has 1 atom stereocenters. The highest BCUT2D eigenvalue weighted by Crippen LogP contribution is 2.25. The first-order chi connectivity index (χ1) is 9.43. The summed E-state index contributed by atoms with van der Waals surface area (Å²) in [5.74, 6) is -2.91.